The number of rotatable bonds is 2. The van der Waals surface area contributed by atoms with Crippen molar-refractivity contribution in [2.24, 2.45) is 0 Å². The molecule has 3 aliphatic rings. The van der Waals surface area contributed by atoms with Gasteiger partial charge in [0.1, 0.15) is 11.9 Å². The van der Waals surface area contributed by atoms with Crippen LogP contribution in [0.15, 0.2) is 54.6 Å². The Bertz CT molecular complexity index is 898. The van der Waals surface area contributed by atoms with Crippen molar-refractivity contribution in [3.63, 3.8) is 0 Å². The third kappa shape index (κ3) is 2.36. The van der Waals surface area contributed by atoms with E-state index in [1.165, 1.54) is 12.1 Å². The van der Waals surface area contributed by atoms with E-state index >= 15 is 0 Å². The Morgan fingerprint density at radius 3 is 2.59 bits per heavy atom. The van der Waals surface area contributed by atoms with E-state index in [1.54, 1.807) is 17.0 Å². The van der Waals surface area contributed by atoms with Crippen LogP contribution in [0.3, 0.4) is 0 Å². The molecule has 0 saturated carbocycles. The number of phenols is 1. The number of nitrogens with zero attached hydrogens (tertiary/aromatic N) is 2. The minimum atomic E-state index is -0.718. The molecule has 6 nitrogen and oxygen atoms in total. The molecule has 0 radical (unpaired) electrons. The van der Waals surface area contributed by atoms with Crippen LogP contribution in [0.5, 0.6) is 5.75 Å². The molecule has 3 atom stereocenters. The van der Waals surface area contributed by atoms with Gasteiger partial charge < -0.3 is 19.6 Å². The fraction of sp³-hybridized carbons (Fsp3) is 0.333. The zero-order valence-electron chi connectivity index (χ0n) is 14.7. The summed E-state index contributed by atoms with van der Waals surface area (Å²) in [6.07, 6.45) is 0.753. The van der Waals surface area contributed by atoms with Gasteiger partial charge in [-0.3, -0.25) is 9.59 Å². The number of phenolic OH excluding ortho intramolecular Hbond substituents is 1. The average Bonchev–Trinajstić information content (AvgIpc) is 3.31. The van der Waals surface area contributed by atoms with Gasteiger partial charge in [0.25, 0.3) is 5.91 Å². The minimum absolute atomic E-state index is 0.0432. The van der Waals surface area contributed by atoms with Gasteiger partial charge in [-0.25, -0.2) is 0 Å². The number of hydrogen-bond acceptors (Lipinski definition) is 4. The van der Waals surface area contributed by atoms with Crippen LogP contribution < -0.4 is 0 Å². The summed E-state index contributed by atoms with van der Waals surface area (Å²) < 4.78 is 6.46. The number of amides is 2. The fourth-order valence-corrected chi connectivity index (χ4v) is 4.68. The quantitative estimate of drug-likeness (QED) is 0.888. The minimum Gasteiger partial charge on any atom is -0.508 e. The van der Waals surface area contributed by atoms with Crippen LogP contribution in [0.1, 0.15) is 34.9 Å². The van der Waals surface area contributed by atoms with Crippen molar-refractivity contribution >= 4 is 11.8 Å². The van der Waals surface area contributed by atoms with Gasteiger partial charge >= 0.3 is 0 Å². The average molecular weight is 364 g/mol. The number of hydrogen-bond donors (Lipinski definition) is 1. The second-order valence-corrected chi connectivity index (χ2v) is 7.38. The van der Waals surface area contributed by atoms with E-state index in [0.717, 1.165) is 5.56 Å². The number of carbonyl (C=O) groups is 2. The zero-order chi connectivity index (χ0) is 18.6. The Morgan fingerprint density at radius 2 is 1.85 bits per heavy atom. The molecular formula is C21H20N2O4. The van der Waals surface area contributed by atoms with Crippen LogP contribution >= 0.6 is 0 Å². The van der Waals surface area contributed by atoms with Gasteiger partial charge in [0, 0.05) is 18.5 Å². The van der Waals surface area contributed by atoms with Crippen LogP contribution in [0.25, 0.3) is 0 Å². The van der Waals surface area contributed by atoms with Crippen LogP contribution in [0.2, 0.25) is 0 Å². The molecule has 0 aromatic heterocycles. The first kappa shape index (κ1) is 16.3. The molecule has 6 heteroatoms. The molecule has 138 valence electrons. The van der Waals surface area contributed by atoms with Gasteiger partial charge in [0.05, 0.1) is 19.0 Å². The molecule has 1 spiro atoms. The van der Waals surface area contributed by atoms with E-state index in [2.05, 4.69) is 0 Å². The molecule has 2 aromatic carbocycles. The van der Waals surface area contributed by atoms with Gasteiger partial charge in [-0.1, -0.05) is 30.3 Å². The normalized spacial score (nSPS) is 29.1. The molecular weight excluding hydrogens is 344 g/mol. The molecule has 2 aromatic rings. The molecule has 5 rings (SSSR count). The third-order valence-corrected chi connectivity index (χ3v) is 5.97. The zero-order valence-corrected chi connectivity index (χ0v) is 14.7. The van der Waals surface area contributed by atoms with Gasteiger partial charge in [-0.05, 0) is 29.8 Å². The van der Waals surface area contributed by atoms with Crippen LogP contribution in [0, 0.1) is 0 Å². The fourth-order valence-electron chi connectivity index (χ4n) is 4.68. The molecule has 1 N–H and O–H groups in total. The van der Waals surface area contributed by atoms with Crippen LogP contribution in [-0.2, 0) is 9.53 Å². The first-order chi connectivity index (χ1) is 13.1. The Morgan fingerprint density at radius 1 is 1.11 bits per heavy atom. The highest BCUT2D eigenvalue weighted by Gasteiger charge is 2.64. The lowest BCUT2D eigenvalue weighted by atomic mass is 10.1. The molecule has 3 saturated heterocycles. The third-order valence-electron chi connectivity index (χ3n) is 5.97. The molecule has 2 amide bonds. The van der Waals surface area contributed by atoms with E-state index in [9.17, 15) is 14.7 Å². The summed E-state index contributed by atoms with van der Waals surface area (Å²) in [5, 5.41) is 9.45. The van der Waals surface area contributed by atoms with E-state index in [-0.39, 0.29) is 29.7 Å². The van der Waals surface area contributed by atoms with Crippen molar-refractivity contribution in [3.8, 4) is 5.75 Å². The van der Waals surface area contributed by atoms with Crippen LogP contribution in [-0.4, -0.2) is 51.6 Å². The molecule has 0 unspecified atom stereocenters. The van der Waals surface area contributed by atoms with E-state index in [0.29, 0.717) is 31.5 Å². The number of ether oxygens (including phenoxy) is 1. The summed E-state index contributed by atoms with van der Waals surface area (Å²) in [6, 6.07) is 15.9. The number of aromatic hydroxyl groups is 1. The van der Waals surface area contributed by atoms with Gasteiger partial charge in [-0.2, -0.15) is 0 Å². The molecule has 27 heavy (non-hydrogen) atoms. The van der Waals surface area contributed by atoms with Gasteiger partial charge in [0.15, 0.2) is 5.72 Å². The summed E-state index contributed by atoms with van der Waals surface area (Å²) in [6.45, 7) is 1.08. The van der Waals surface area contributed by atoms with E-state index < -0.39 is 5.72 Å². The first-order valence-corrected chi connectivity index (χ1v) is 9.22. The smallest absolute Gasteiger partial charge is 0.254 e. The summed E-state index contributed by atoms with van der Waals surface area (Å²) in [5.41, 5.74) is 0.842. The van der Waals surface area contributed by atoms with E-state index in [4.69, 9.17) is 4.74 Å². The van der Waals surface area contributed by atoms with Gasteiger partial charge in [-0.15, -0.1) is 0 Å². The highest BCUT2D eigenvalue weighted by molar-refractivity contribution is 5.96. The Labute approximate surface area is 157 Å². The highest BCUT2D eigenvalue weighted by atomic mass is 16.5. The number of likely N-dealkylation sites (tertiary alicyclic amines) is 1. The number of carbonyl (C=O) groups excluding carboxylic acids is 2. The summed E-state index contributed by atoms with van der Waals surface area (Å²) >= 11 is 0. The van der Waals surface area contributed by atoms with Gasteiger partial charge in [0.2, 0.25) is 5.91 Å². The summed E-state index contributed by atoms with van der Waals surface area (Å²) in [4.78, 5) is 29.3. The predicted molar refractivity (Wildman–Crippen MR) is 96.9 cm³/mol. The number of benzene rings is 2. The maximum absolute atomic E-state index is 13.0. The van der Waals surface area contributed by atoms with Crippen molar-refractivity contribution < 1.29 is 19.4 Å². The maximum Gasteiger partial charge on any atom is 0.254 e. The predicted octanol–water partition coefficient (Wildman–Crippen LogP) is 2.31. The second kappa shape index (κ2) is 5.82. The summed E-state index contributed by atoms with van der Waals surface area (Å²) in [5.74, 6) is 0.0383. The lowest BCUT2D eigenvalue weighted by Gasteiger charge is -2.32. The largest absolute Gasteiger partial charge is 0.508 e. The van der Waals surface area contributed by atoms with Crippen LogP contribution in [0.4, 0.5) is 0 Å². The standard InChI is InChI=1S/C21H20N2O4/c24-16-8-6-15(7-9-16)20(26)22-11-10-21-18(22)12-19(25)23(21)13-17(27-21)14-4-2-1-3-5-14/h1-9,17-18,24H,10-13H2/t17-,18-,21+/m1/s1. The monoisotopic (exact) mass is 364 g/mol. The molecule has 3 heterocycles. The van der Waals surface area contributed by atoms with Crippen molar-refractivity contribution in [2.75, 3.05) is 13.1 Å². The maximum atomic E-state index is 13.0. The van der Waals surface area contributed by atoms with E-state index in [1.807, 2.05) is 35.2 Å². The van der Waals surface area contributed by atoms with Crippen molar-refractivity contribution in [3.05, 3.63) is 65.7 Å². The lowest BCUT2D eigenvalue weighted by Crippen LogP contribution is -2.48. The first-order valence-electron chi connectivity index (χ1n) is 9.22. The molecule has 0 bridgehead atoms. The Balaban J connectivity index is 1.44. The highest BCUT2D eigenvalue weighted by Crippen LogP contribution is 2.50. The van der Waals surface area contributed by atoms with Crippen molar-refractivity contribution in [1.82, 2.24) is 9.80 Å². The Kier molecular flexibility index (Phi) is 3.52. The summed E-state index contributed by atoms with van der Waals surface area (Å²) in [7, 11) is 0. The molecule has 3 fully saturated rings. The lowest BCUT2D eigenvalue weighted by molar-refractivity contribution is -0.138. The SMILES string of the molecule is O=C(c1ccc(O)cc1)N1CC[C@@]23O[C@@H](c4ccccc4)CN2C(=O)C[C@@H]13. The molecule has 3 aliphatic heterocycles. The Hall–Kier alpha value is -2.86. The molecule has 0 aliphatic carbocycles. The second-order valence-electron chi connectivity index (χ2n) is 7.38. The topological polar surface area (TPSA) is 70.1 Å². The van der Waals surface area contributed by atoms with Crippen molar-refractivity contribution in [2.45, 2.75) is 30.7 Å². The van der Waals surface area contributed by atoms with Crippen molar-refractivity contribution in [1.29, 1.82) is 0 Å².